The topological polar surface area (TPSA) is 38.8 Å². The molecule has 1 aliphatic heterocycles. The molecule has 0 saturated carbocycles. The third-order valence-electron chi connectivity index (χ3n) is 3.34. The molecule has 4 nitrogen and oxygen atoms in total. The molecule has 0 unspecified atom stereocenters. The van der Waals surface area contributed by atoms with E-state index in [0.717, 1.165) is 18.4 Å². The minimum absolute atomic E-state index is 0.0266. The van der Waals surface area contributed by atoms with Crippen LogP contribution in [0, 0.1) is 0 Å². The Morgan fingerprint density at radius 3 is 2.73 bits per heavy atom. The summed E-state index contributed by atoms with van der Waals surface area (Å²) < 4.78 is 11.2. The van der Waals surface area contributed by atoms with Crippen LogP contribution in [0.4, 0.5) is 0 Å². The Balaban J connectivity index is 2.26. The molecule has 0 bridgehead atoms. The van der Waals surface area contributed by atoms with Gasteiger partial charge in [-0.1, -0.05) is 37.3 Å². The van der Waals surface area contributed by atoms with Crippen LogP contribution in [0.25, 0.3) is 6.08 Å². The van der Waals surface area contributed by atoms with Gasteiger partial charge in [0.15, 0.2) is 0 Å². The Labute approximate surface area is 140 Å². The van der Waals surface area contributed by atoms with E-state index in [4.69, 9.17) is 21.7 Å². The van der Waals surface area contributed by atoms with Gasteiger partial charge in [-0.2, -0.15) is 0 Å². The van der Waals surface area contributed by atoms with Gasteiger partial charge in [0.2, 0.25) is 0 Å². The first-order chi connectivity index (χ1) is 10.6. The Hall–Kier alpha value is -1.53. The average Bonchev–Trinajstić information content (AvgIpc) is 2.79. The van der Waals surface area contributed by atoms with E-state index in [2.05, 4.69) is 6.92 Å². The maximum atomic E-state index is 12.4. The Morgan fingerprint density at radius 1 is 1.32 bits per heavy atom. The van der Waals surface area contributed by atoms with Gasteiger partial charge in [0.05, 0.1) is 19.1 Å². The van der Waals surface area contributed by atoms with Crippen molar-refractivity contribution < 1.29 is 14.3 Å². The number of hydrogen-bond acceptors (Lipinski definition) is 5. The van der Waals surface area contributed by atoms with Crippen LogP contribution in [-0.4, -0.2) is 35.9 Å². The van der Waals surface area contributed by atoms with Crippen molar-refractivity contribution in [1.82, 2.24) is 4.90 Å². The van der Waals surface area contributed by atoms with Crippen molar-refractivity contribution in [3.05, 3.63) is 28.7 Å². The molecule has 0 atom stereocenters. The fourth-order valence-electron chi connectivity index (χ4n) is 2.09. The van der Waals surface area contributed by atoms with E-state index in [0.29, 0.717) is 27.3 Å². The summed E-state index contributed by atoms with van der Waals surface area (Å²) in [6, 6.07) is 5.51. The van der Waals surface area contributed by atoms with Crippen LogP contribution in [-0.2, 0) is 4.79 Å². The predicted molar refractivity (Wildman–Crippen MR) is 94.3 cm³/mol. The molecule has 1 aliphatic rings. The first-order valence-electron chi connectivity index (χ1n) is 7.08. The van der Waals surface area contributed by atoms with Gasteiger partial charge in [-0.25, -0.2) is 0 Å². The number of carbonyl (C=O) groups is 1. The van der Waals surface area contributed by atoms with E-state index in [1.807, 2.05) is 18.2 Å². The van der Waals surface area contributed by atoms with Gasteiger partial charge < -0.3 is 9.47 Å². The fourth-order valence-corrected chi connectivity index (χ4v) is 3.39. The van der Waals surface area contributed by atoms with Crippen LogP contribution >= 0.6 is 24.0 Å². The number of ether oxygens (including phenoxy) is 2. The first kappa shape index (κ1) is 16.8. The highest BCUT2D eigenvalue weighted by molar-refractivity contribution is 8.26. The summed E-state index contributed by atoms with van der Waals surface area (Å²) in [7, 11) is 3.20. The number of rotatable bonds is 6. The van der Waals surface area contributed by atoms with Crippen molar-refractivity contribution in [2.24, 2.45) is 0 Å². The summed E-state index contributed by atoms with van der Waals surface area (Å²) >= 11 is 6.64. The SMILES string of the molecule is CCCCN1C(=O)/C(=C\c2ccc(OC)cc2OC)SC1=S. The quantitative estimate of drug-likeness (QED) is 0.584. The molecular weight excluding hydrogens is 318 g/mol. The minimum atomic E-state index is -0.0266. The number of benzene rings is 1. The van der Waals surface area contributed by atoms with Crippen LogP contribution in [0.2, 0.25) is 0 Å². The van der Waals surface area contributed by atoms with Crippen molar-refractivity contribution in [2.75, 3.05) is 20.8 Å². The molecule has 1 amide bonds. The van der Waals surface area contributed by atoms with Crippen LogP contribution in [0.15, 0.2) is 23.1 Å². The monoisotopic (exact) mass is 337 g/mol. The molecule has 6 heteroatoms. The lowest BCUT2D eigenvalue weighted by atomic mass is 10.1. The average molecular weight is 337 g/mol. The number of hydrogen-bond donors (Lipinski definition) is 0. The summed E-state index contributed by atoms with van der Waals surface area (Å²) in [6.45, 7) is 2.77. The van der Waals surface area contributed by atoms with E-state index in [1.54, 1.807) is 25.2 Å². The molecule has 0 aromatic heterocycles. The Kier molecular flexibility index (Phi) is 5.85. The predicted octanol–water partition coefficient (Wildman–Crippen LogP) is 3.71. The Morgan fingerprint density at radius 2 is 2.09 bits per heavy atom. The molecule has 1 saturated heterocycles. The van der Waals surface area contributed by atoms with Crippen molar-refractivity contribution in [1.29, 1.82) is 0 Å². The maximum Gasteiger partial charge on any atom is 0.266 e. The van der Waals surface area contributed by atoms with Gasteiger partial charge >= 0.3 is 0 Å². The van der Waals surface area contributed by atoms with E-state index in [9.17, 15) is 4.79 Å². The van der Waals surface area contributed by atoms with E-state index >= 15 is 0 Å². The molecule has 1 heterocycles. The molecule has 1 aromatic rings. The molecular formula is C16H19NO3S2. The second-order valence-corrected chi connectivity index (χ2v) is 6.47. The van der Waals surface area contributed by atoms with Crippen molar-refractivity contribution in [3.8, 4) is 11.5 Å². The molecule has 0 N–H and O–H groups in total. The smallest absolute Gasteiger partial charge is 0.266 e. The number of methoxy groups -OCH3 is 2. The molecule has 2 rings (SSSR count). The summed E-state index contributed by atoms with van der Waals surface area (Å²) in [5, 5.41) is 0. The lowest BCUT2D eigenvalue weighted by Gasteiger charge is -2.13. The van der Waals surface area contributed by atoms with Crippen LogP contribution in [0.5, 0.6) is 11.5 Å². The highest BCUT2D eigenvalue weighted by Crippen LogP contribution is 2.35. The number of unbranched alkanes of at least 4 members (excludes halogenated alkanes) is 1. The number of thiocarbonyl (C=S) groups is 1. The Bertz CT molecular complexity index is 613. The summed E-state index contributed by atoms with van der Waals surface area (Å²) in [5.41, 5.74) is 0.833. The largest absolute Gasteiger partial charge is 0.497 e. The molecule has 22 heavy (non-hydrogen) atoms. The van der Waals surface area contributed by atoms with Crippen molar-refractivity contribution in [2.45, 2.75) is 19.8 Å². The van der Waals surface area contributed by atoms with Gasteiger partial charge in [-0.15, -0.1) is 0 Å². The zero-order chi connectivity index (χ0) is 16.1. The number of thioether (sulfide) groups is 1. The minimum Gasteiger partial charge on any atom is -0.497 e. The molecule has 1 aromatic carbocycles. The van der Waals surface area contributed by atoms with Crippen molar-refractivity contribution >= 4 is 40.3 Å². The van der Waals surface area contributed by atoms with Crippen LogP contribution < -0.4 is 9.47 Å². The number of amides is 1. The molecule has 1 fully saturated rings. The third kappa shape index (κ3) is 3.62. The molecule has 0 aliphatic carbocycles. The summed E-state index contributed by atoms with van der Waals surface area (Å²) in [5.74, 6) is 1.35. The third-order valence-corrected chi connectivity index (χ3v) is 4.71. The summed E-state index contributed by atoms with van der Waals surface area (Å²) in [4.78, 5) is 14.7. The van der Waals surface area contributed by atoms with Gasteiger partial charge in [0, 0.05) is 18.2 Å². The summed E-state index contributed by atoms with van der Waals surface area (Å²) in [6.07, 6.45) is 3.80. The van der Waals surface area contributed by atoms with E-state index in [1.165, 1.54) is 11.8 Å². The standard InChI is InChI=1S/C16H19NO3S2/c1-4-5-8-17-15(18)14(22-16(17)21)9-11-6-7-12(19-2)10-13(11)20-3/h6-7,9-10H,4-5,8H2,1-3H3/b14-9+. The molecule has 118 valence electrons. The molecule has 0 radical (unpaired) electrons. The molecule has 0 spiro atoms. The van der Waals surface area contributed by atoms with E-state index < -0.39 is 0 Å². The van der Waals surface area contributed by atoms with Gasteiger partial charge in [0.25, 0.3) is 5.91 Å². The van der Waals surface area contributed by atoms with Crippen LogP contribution in [0.3, 0.4) is 0 Å². The van der Waals surface area contributed by atoms with E-state index in [-0.39, 0.29) is 5.91 Å². The zero-order valence-electron chi connectivity index (χ0n) is 12.9. The first-order valence-corrected chi connectivity index (χ1v) is 8.30. The van der Waals surface area contributed by atoms with Crippen molar-refractivity contribution in [3.63, 3.8) is 0 Å². The second-order valence-electron chi connectivity index (χ2n) is 4.79. The maximum absolute atomic E-state index is 12.4. The zero-order valence-corrected chi connectivity index (χ0v) is 14.6. The second kappa shape index (κ2) is 7.65. The van der Waals surface area contributed by atoms with Gasteiger partial charge in [0.1, 0.15) is 15.8 Å². The highest BCUT2D eigenvalue weighted by Gasteiger charge is 2.31. The number of carbonyl (C=O) groups excluding carboxylic acids is 1. The number of nitrogens with zero attached hydrogens (tertiary/aromatic N) is 1. The van der Waals surface area contributed by atoms with Gasteiger partial charge in [-0.3, -0.25) is 9.69 Å². The lowest BCUT2D eigenvalue weighted by Crippen LogP contribution is -2.28. The normalized spacial score (nSPS) is 16.5. The van der Waals surface area contributed by atoms with Crippen LogP contribution in [0.1, 0.15) is 25.3 Å². The van der Waals surface area contributed by atoms with Gasteiger partial charge in [-0.05, 0) is 24.6 Å². The highest BCUT2D eigenvalue weighted by atomic mass is 32.2. The lowest BCUT2D eigenvalue weighted by molar-refractivity contribution is -0.122. The fraction of sp³-hybridized carbons (Fsp3) is 0.375.